The van der Waals surface area contributed by atoms with Crippen LogP contribution in [0.5, 0.6) is 5.75 Å². The fourth-order valence-electron chi connectivity index (χ4n) is 4.65. The first-order chi connectivity index (χ1) is 14.1. The summed E-state index contributed by atoms with van der Waals surface area (Å²) in [6, 6.07) is 15.1. The maximum absolute atomic E-state index is 13.2. The van der Waals surface area contributed by atoms with E-state index >= 15 is 0 Å². The maximum Gasteiger partial charge on any atom is 0.319 e. The molecule has 2 heterocycles. The van der Waals surface area contributed by atoms with Gasteiger partial charge >= 0.3 is 6.03 Å². The summed E-state index contributed by atoms with van der Waals surface area (Å²) >= 11 is 0. The minimum Gasteiger partial charge on any atom is -0.492 e. The summed E-state index contributed by atoms with van der Waals surface area (Å²) in [5, 5.41) is 6.07. The van der Waals surface area contributed by atoms with Gasteiger partial charge in [-0.25, -0.2) is 9.18 Å². The summed E-state index contributed by atoms with van der Waals surface area (Å²) in [7, 11) is 0. The van der Waals surface area contributed by atoms with Gasteiger partial charge in [-0.05, 0) is 62.4 Å². The Balaban J connectivity index is 1.33. The van der Waals surface area contributed by atoms with Crippen molar-refractivity contribution < 1.29 is 13.9 Å². The number of nitrogens with zero attached hydrogens (tertiary/aromatic N) is 1. The summed E-state index contributed by atoms with van der Waals surface area (Å²) in [5.74, 6) is 0.482. The number of carbonyl (C=O) groups is 1. The van der Waals surface area contributed by atoms with Crippen LogP contribution in [0.4, 0.5) is 14.9 Å². The molecule has 6 heteroatoms. The van der Waals surface area contributed by atoms with Crippen LogP contribution in [0.15, 0.2) is 48.5 Å². The third kappa shape index (κ3) is 4.70. The molecular formula is C23H28FN3O2. The second kappa shape index (κ2) is 8.82. The lowest BCUT2D eigenvalue weighted by atomic mass is 9.96. The molecule has 29 heavy (non-hydrogen) atoms. The van der Waals surface area contributed by atoms with E-state index in [0.29, 0.717) is 30.1 Å². The van der Waals surface area contributed by atoms with Gasteiger partial charge in [0.2, 0.25) is 0 Å². The van der Waals surface area contributed by atoms with Crippen molar-refractivity contribution in [2.45, 2.75) is 57.3 Å². The second-order valence-electron chi connectivity index (χ2n) is 7.88. The van der Waals surface area contributed by atoms with E-state index in [-0.39, 0.29) is 17.9 Å². The largest absolute Gasteiger partial charge is 0.492 e. The van der Waals surface area contributed by atoms with Crippen molar-refractivity contribution >= 4 is 11.7 Å². The van der Waals surface area contributed by atoms with Gasteiger partial charge in [0.1, 0.15) is 11.6 Å². The molecule has 2 aromatic carbocycles. The lowest BCUT2D eigenvalue weighted by molar-refractivity contribution is 0.112. The van der Waals surface area contributed by atoms with Gasteiger partial charge in [-0.3, -0.25) is 4.90 Å². The molecule has 2 amide bonds. The van der Waals surface area contributed by atoms with Crippen molar-refractivity contribution in [3.8, 4) is 5.75 Å². The summed E-state index contributed by atoms with van der Waals surface area (Å²) < 4.78 is 18.7. The number of hydrogen-bond donors (Lipinski definition) is 2. The van der Waals surface area contributed by atoms with Crippen LogP contribution in [0, 0.1) is 5.82 Å². The molecule has 154 valence electrons. The number of urea groups is 1. The van der Waals surface area contributed by atoms with E-state index in [1.54, 1.807) is 0 Å². The molecule has 2 aromatic rings. The van der Waals surface area contributed by atoms with E-state index in [9.17, 15) is 9.18 Å². The smallest absolute Gasteiger partial charge is 0.319 e. The molecule has 0 aliphatic carbocycles. The molecule has 2 atom stereocenters. The molecule has 2 N–H and O–H groups in total. The molecule has 2 aliphatic rings. The minimum atomic E-state index is -0.198. The monoisotopic (exact) mass is 397 g/mol. The van der Waals surface area contributed by atoms with E-state index in [1.165, 1.54) is 12.1 Å². The molecule has 0 aromatic heterocycles. The first-order valence-electron chi connectivity index (χ1n) is 10.4. The first kappa shape index (κ1) is 19.7. The lowest BCUT2D eigenvalue weighted by Crippen LogP contribution is -2.50. The Morgan fingerprint density at radius 2 is 1.79 bits per heavy atom. The predicted molar refractivity (Wildman–Crippen MR) is 112 cm³/mol. The molecule has 0 spiro atoms. The summed E-state index contributed by atoms with van der Waals surface area (Å²) in [4.78, 5) is 15.1. The Morgan fingerprint density at radius 3 is 2.48 bits per heavy atom. The number of ether oxygens (including phenoxy) is 1. The molecule has 4 rings (SSSR count). The third-order valence-corrected chi connectivity index (χ3v) is 5.93. The van der Waals surface area contributed by atoms with Crippen LogP contribution >= 0.6 is 0 Å². The van der Waals surface area contributed by atoms with E-state index < -0.39 is 0 Å². The fourth-order valence-corrected chi connectivity index (χ4v) is 4.65. The molecule has 2 bridgehead atoms. The number of benzene rings is 2. The van der Waals surface area contributed by atoms with Crippen molar-refractivity contribution in [3.63, 3.8) is 0 Å². The zero-order valence-electron chi connectivity index (χ0n) is 16.7. The van der Waals surface area contributed by atoms with Crippen molar-refractivity contribution in [2.75, 3.05) is 11.9 Å². The number of hydrogen-bond acceptors (Lipinski definition) is 3. The van der Waals surface area contributed by atoms with Crippen LogP contribution in [-0.2, 0) is 6.54 Å². The average Bonchev–Trinajstić information content (AvgIpc) is 2.93. The standard InChI is InChI=1S/C23H28FN3O2/c1-2-29-22-6-4-3-5-21(22)26-23(28)25-18-13-19-11-12-20(14-18)27(19)15-16-7-9-17(24)10-8-16/h3-10,18-20H,2,11-15H2,1H3,(H2,25,26,28)/t19-,20-/m1/s1. The summed E-state index contributed by atoms with van der Waals surface area (Å²) in [6.45, 7) is 3.32. The number of rotatable bonds is 6. The first-order valence-corrected chi connectivity index (χ1v) is 10.4. The second-order valence-corrected chi connectivity index (χ2v) is 7.88. The highest BCUT2D eigenvalue weighted by Crippen LogP contribution is 2.37. The topological polar surface area (TPSA) is 53.6 Å². The quantitative estimate of drug-likeness (QED) is 0.752. The van der Waals surface area contributed by atoms with Crippen LogP contribution in [-0.4, -0.2) is 35.7 Å². The number of piperidine rings is 1. The Morgan fingerprint density at radius 1 is 1.10 bits per heavy atom. The zero-order chi connectivity index (χ0) is 20.2. The number of carbonyl (C=O) groups excluding carboxylic acids is 1. The van der Waals surface area contributed by atoms with Crippen LogP contribution in [0.1, 0.15) is 38.2 Å². The van der Waals surface area contributed by atoms with Crippen molar-refractivity contribution in [3.05, 3.63) is 59.9 Å². The molecular weight excluding hydrogens is 369 g/mol. The Kier molecular flexibility index (Phi) is 6.00. The normalized spacial score (nSPS) is 23.6. The zero-order valence-corrected chi connectivity index (χ0v) is 16.7. The van der Waals surface area contributed by atoms with E-state index in [2.05, 4.69) is 15.5 Å². The summed E-state index contributed by atoms with van der Waals surface area (Å²) in [6.07, 6.45) is 4.19. The number of anilines is 1. The average molecular weight is 397 g/mol. The highest BCUT2D eigenvalue weighted by molar-refractivity contribution is 5.91. The van der Waals surface area contributed by atoms with Gasteiger partial charge in [-0.15, -0.1) is 0 Å². The van der Waals surface area contributed by atoms with Crippen LogP contribution < -0.4 is 15.4 Å². The minimum absolute atomic E-state index is 0.163. The summed E-state index contributed by atoms with van der Waals surface area (Å²) in [5.41, 5.74) is 1.82. The van der Waals surface area contributed by atoms with E-state index in [4.69, 9.17) is 4.74 Å². The predicted octanol–water partition coefficient (Wildman–Crippen LogP) is 4.54. The van der Waals surface area contributed by atoms with E-state index in [1.807, 2.05) is 43.3 Å². The molecule has 2 aliphatic heterocycles. The fraction of sp³-hybridized carbons (Fsp3) is 0.435. The maximum atomic E-state index is 13.2. The number of fused-ring (bicyclic) bond motifs is 2. The highest BCUT2D eigenvalue weighted by atomic mass is 19.1. The SMILES string of the molecule is CCOc1ccccc1NC(=O)NC1C[C@H]2CC[C@H](C1)N2Cc1ccc(F)cc1. The molecule has 2 saturated heterocycles. The third-order valence-electron chi connectivity index (χ3n) is 5.93. The van der Waals surface area contributed by atoms with Crippen LogP contribution in [0.2, 0.25) is 0 Å². The van der Waals surface area contributed by atoms with Gasteiger partial charge in [0, 0.05) is 24.7 Å². The van der Waals surface area contributed by atoms with Gasteiger partial charge in [-0.1, -0.05) is 24.3 Å². The Hall–Kier alpha value is -2.60. The van der Waals surface area contributed by atoms with Gasteiger partial charge in [0.25, 0.3) is 0 Å². The van der Waals surface area contributed by atoms with Gasteiger partial charge in [-0.2, -0.15) is 0 Å². The van der Waals surface area contributed by atoms with Crippen LogP contribution in [0.25, 0.3) is 0 Å². The van der Waals surface area contributed by atoms with Crippen molar-refractivity contribution in [1.29, 1.82) is 0 Å². The highest BCUT2D eigenvalue weighted by Gasteiger charge is 2.40. The van der Waals surface area contributed by atoms with Crippen molar-refractivity contribution in [2.24, 2.45) is 0 Å². The number of para-hydroxylation sites is 2. The Bertz CT molecular complexity index is 828. The van der Waals surface area contributed by atoms with E-state index in [0.717, 1.165) is 37.8 Å². The Labute approximate surface area is 171 Å². The molecule has 5 nitrogen and oxygen atoms in total. The lowest BCUT2D eigenvalue weighted by Gasteiger charge is -2.39. The van der Waals surface area contributed by atoms with Crippen LogP contribution in [0.3, 0.4) is 0 Å². The number of amides is 2. The molecule has 0 unspecified atom stereocenters. The van der Waals surface area contributed by atoms with Crippen molar-refractivity contribution in [1.82, 2.24) is 10.2 Å². The molecule has 2 fully saturated rings. The number of halogens is 1. The molecule has 0 saturated carbocycles. The molecule has 0 radical (unpaired) electrons. The van der Waals surface area contributed by atoms with Gasteiger partial charge in [0.05, 0.1) is 12.3 Å². The number of nitrogens with one attached hydrogen (secondary N) is 2. The van der Waals surface area contributed by atoms with Gasteiger partial charge in [0.15, 0.2) is 0 Å². The van der Waals surface area contributed by atoms with Gasteiger partial charge < -0.3 is 15.4 Å².